The molecule has 1 rings (SSSR count). The molecule has 0 spiro atoms. The number of likely N-dealkylation sites (N-methyl/N-ethyl adjacent to an activating group) is 1. The maximum atomic E-state index is 12.1. The number of nitro benzene ring substituents is 1. The molecule has 100 valence electrons. The van der Waals surface area contributed by atoms with E-state index in [1.54, 1.807) is 0 Å². The van der Waals surface area contributed by atoms with Crippen LogP contribution in [0, 0.1) is 17.0 Å². The molecule has 0 aliphatic rings. The minimum Gasteiger partial charge on any atom is -0.395 e. The summed E-state index contributed by atoms with van der Waals surface area (Å²) in [7, 11) is -2.51. The van der Waals surface area contributed by atoms with Crippen molar-refractivity contribution in [2.75, 3.05) is 20.2 Å². The fourth-order valence-electron chi connectivity index (χ4n) is 1.51. The lowest BCUT2D eigenvalue weighted by Crippen LogP contribution is -2.30. The highest BCUT2D eigenvalue weighted by Gasteiger charge is 2.26. The zero-order chi connectivity index (χ0) is 13.9. The number of rotatable bonds is 5. The largest absolute Gasteiger partial charge is 0.395 e. The molecule has 1 aromatic rings. The molecule has 1 aromatic carbocycles. The molecule has 7 nitrogen and oxygen atoms in total. The van der Waals surface area contributed by atoms with Crippen LogP contribution in [0.2, 0.25) is 0 Å². The van der Waals surface area contributed by atoms with Gasteiger partial charge in [0.05, 0.1) is 16.4 Å². The summed E-state index contributed by atoms with van der Waals surface area (Å²) in [5.74, 6) is 0. The van der Waals surface area contributed by atoms with Crippen LogP contribution < -0.4 is 0 Å². The molecule has 0 amide bonds. The number of aliphatic hydroxyl groups is 1. The Bertz CT molecular complexity index is 555. The van der Waals surface area contributed by atoms with E-state index in [2.05, 4.69) is 0 Å². The maximum Gasteiger partial charge on any atom is 0.273 e. The molecule has 18 heavy (non-hydrogen) atoms. The van der Waals surface area contributed by atoms with Crippen molar-refractivity contribution in [3.63, 3.8) is 0 Å². The molecule has 8 heteroatoms. The molecule has 0 fully saturated rings. The molecule has 0 heterocycles. The monoisotopic (exact) mass is 274 g/mol. The molecule has 0 aromatic heterocycles. The van der Waals surface area contributed by atoms with Crippen molar-refractivity contribution < 1.29 is 18.4 Å². The molecule has 0 unspecified atom stereocenters. The summed E-state index contributed by atoms with van der Waals surface area (Å²) >= 11 is 0. The van der Waals surface area contributed by atoms with Crippen molar-refractivity contribution in [3.05, 3.63) is 33.9 Å². The summed E-state index contributed by atoms with van der Waals surface area (Å²) in [6.45, 7) is 1.01. The number of nitro groups is 1. The normalized spacial score (nSPS) is 11.8. The standard InChI is InChI=1S/C10H14N2O5S/c1-8-9(12(14)15)4-3-5-10(8)18(16,17)11(2)6-7-13/h3-5,13H,6-7H2,1-2H3. The molecule has 0 aliphatic heterocycles. The second kappa shape index (κ2) is 5.42. The summed E-state index contributed by atoms with van der Waals surface area (Å²) in [6, 6.07) is 3.89. The third kappa shape index (κ3) is 2.66. The summed E-state index contributed by atoms with van der Waals surface area (Å²) in [4.78, 5) is 10.0. The van der Waals surface area contributed by atoms with Crippen molar-refractivity contribution in [2.24, 2.45) is 0 Å². The lowest BCUT2D eigenvalue weighted by Gasteiger charge is -2.17. The smallest absolute Gasteiger partial charge is 0.273 e. The number of benzene rings is 1. The summed E-state index contributed by atoms with van der Waals surface area (Å²) < 4.78 is 25.2. The fraction of sp³-hybridized carbons (Fsp3) is 0.400. The predicted molar refractivity (Wildman–Crippen MR) is 64.7 cm³/mol. The third-order valence-corrected chi connectivity index (χ3v) is 4.56. The van der Waals surface area contributed by atoms with Gasteiger partial charge in [-0.15, -0.1) is 0 Å². The van der Waals surface area contributed by atoms with E-state index >= 15 is 0 Å². The lowest BCUT2D eigenvalue weighted by atomic mass is 10.2. The van der Waals surface area contributed by atoms with E-state index in [4.69, 9.17) is 5.11 Å². The van der Waals surface area contributed by atoms with Gasteiger partial charge in [0.1, 0.15) is 0 Å². The van der Waals surface area contributed by atoms with Gasteiger partial charge in [-0.05, 0) is 13.0 Å². The predicted octanol–water partition coefficient (Wildman–Crippen LogP) is 0.516. The number of nitrogens with zero attached hydrogens (tertiary/aromatic N) is 2. The first kappa shape index (κ1) is 14.6. The van der Waals surface area contributed by atoms with Gasteiger partial charge in [-0.3, -0.25) is 10.1 Å². The van der Waals surface area contributed by atoms with Crippen LogP contribution in [0.15, 0.2) is 23.1 Å². The molecule has 0 atom stereocenters. The third-order valence-electron chi connectivity index (χ3n) is 2.56. The van der Waals surface area contributed by atoms with Gasteiger partial charge < -0.3 is 5.11 Å². The van der Waals surface area contributed by atoms with Crippen LogP contribution in [0.5, 0.6) is 0 Å². The summed E-state index contributed by atoms with van der Waals surface area (Å²) in [5.41, 5.74) is -0.152. The Balaban J connectivity index is 3.34. The van der Waals surface area contributed by atoms with E-state index in [9.17, 15) is 18.5 Å². The van der Waals surface area contributed by atoms with E-state index in [1.165, 1.54) is 32.2 Å². The van der Waals surface area contributed by atoms with Gasteiger partial charge in [0.2, 0.25) is 10.0 Å². The molecular formula is C10H14N2O5S. The van der Waals surface area contributed by atoms with Gasteiger partial charge >= 0.3 is 0 Å². The lowest BCUT2D eigenvalue weighted by molar-refractivity contribution is -0.385. The van der Waals surface area contributed by atoms with Crippen LogP contribution in [-0.4, -0.2) is 43.0 Å². The number of aliphatic hydroxyl groups excluding tert-OH is 1. The molecule has 0 saturated carbocycles. The highest BCUT2D eigenvalue weighted by atomic mass is 32.2. The average molecular weight is 274 g/mol. The Morgan fingerprint density at radius 2 is 2.06 bits per heavy atom. The number of sulfonamides is 1. The summed E-state index contributed by atoms with van der Waals surface area (Å²) in [6.07, 6.45) is 0. The zero-order valence-electron chi connectivity index (χ0n) is 10.0. The molecule has 1 N–H and O–H groups in total. The molecule has 0 radical (unpaired) electrons. The van der Waals surface area contributed by atoms with Crippen molar-refractivity contribution in [2.45, 2.75) is 11.8 Å². The SMILES string of the molecule is Cc1c([N+](=O)[O-])cccc1S(=O)(=O)N(C)CCO. The fourth-order valence-corrected chi connectivity index (χ4v) is 2.91. The van der Waals surface area contributed by atoms with Crippen molar-refractivity contribution in [1.82, 2.24) is 4.31 Å². The highest BCUT2D eigenvalue weighted by molar-refractivity contribution is 7.89. The van der Waals surface area contributed by atoms with Gasteiger partial charge in [-0.25, -0.2) is 8.42 Å². The first-order valence-corrected chi connectivity index (χ1v) is 6.57. The van der Waals surface area contributed by atoms with Crippen LogP contribution in [0.25, 0.3) is 0 Å². The Labute approximate surface area is 105 Å². The Morgan fingerprint density at radius 3 is 2.56 bits per heavy atom. The zero-order valence-corrected chi connectivity index (χ0v) is 10.8. The Kier molecular flexibility index (Phi) is 4.38. The van der Waals surface area contributed by atoms with Crippen molar-refractivity contribution in [3.8, 4) is 0 Å². The molecule has 0 aliphatic carbocycles. The number of hydrogen-bond donors (Lipinski definition) is 1. The van der Waals surface area contributed by atoms with E-state index in [0.29, 0.717) is 0 Å². The van der Waals surface area contributed by atoms with Crippen LogP contribution in [0.4, 0.5) is 5.69 Å². The molecule has 0 saturated heterocycles. The van der Waals surface area contributed by atoms with E-state index in [0.717, 1.165) is 4.31 Å². The van der Waals surface area contributed by atoms with Crippen LogP contribution in [0.1, 0.15) is 5.56 Å². The first-order valence-electron chi connectivity index (χ1n) is 5.13. The maximum absolute atomic E-state index is 12.1. The second-order valence-electron chi connectivity index (χ2n) is 3.71. The van der Waals surface area contributed by atoms with Gasteiger partial charge in [0.15, 0.2) is 0 Å². The van der Waals surface area contributed by atoms with Gasteiger partial charge in [0, 0.05) is 25.2 Å². The molecular weight excluding hydrogens is 260 g/mol. The van der Waals surface area contributed by atoms with Crippen LogP contribution >= 0.6 is 0 Å². The Hall–Kier alpha value is -1.51. The summed E-state index contributed by atoms with van der Waals surface area (Å²) in [5, 5.41) is 19.5. The van der Waals surface area contributed by atoms with Crippen LogP contribution in [0.3, 0.4) is 0 Å². The minimum absolute atomic E-state index is 0.0650. The second-order valence-corrected chi connectivity index (χ2v) is 5.72. The van der Waals surface area contributed by atoms with E-state index < -0.39 is 14.9 Å². The van der Waals surface area contributed by atoms with Crippen molar-refractivity contribution in [1.29, 1.82) is 0 Å². The highest BCUT2D eigenvalue weighted by Crippen LogP contribution is 2.26. The number of hydrogen-bond acceptors (Lipinski definition) is 5. The van der Waals surface area contributed by atoms with Gasteiger partial charge in [0.25, 0.3) is 5.69 Å². The van der Waals surface area contributed by atoms with Gasteiger partial charge in [-0.1, -0.05) is 6.07 Å². The Morgan fingerprint density at radius 1 is 1.44 bits per heavy atom. The van der Waals surface area contributed by atoms with E-state index in [1.807, 2.05) is 0 Å². The van der Waals surface area contributed by atoms with Crippen molar-refractivity contribution >= 4 is 15.7 Å². The topological polar surface area (TPSA) is 101 Å². The minimum atomic E-state index is -3.82. The first-order chi connectivity index (χ1) is 8.32. The quantitative estimate of drug-likeness (QED) is 0.623. The average Bonchev–Trinajstić information content (AvgIpc) is 2.28. The van der Waals surface area contributed by atoms with Crippen LogP contribution in [-0.2, 0) is 10.0 Å². The van der Waals surface area contributed by atoms with E-state index in [-0.39, 0.29) is 29.3 Å². The molecule has 0 bridgehead atoms. The van der Waals surface area contributed by atoms with Gasteiger partial charge in [-0.2, -0.15) is 4.31 Å².